The van der Waals surface area contributed by atoms with Crippen LogP contribution < -0.4 is 0 Å². The van der Waals surface area contributed by atoms with Crippen LogP contribution in [-0.2, 0) is 15.1 Å². The van der Waals surface area contributed by atoms with E-state index in [1.807, 2.05) is 6.08 Å². The molecule has 0 spiro atoms. The molecular formula is C34H39IO2. The van der Waals surface area contributed by atoms with Crippen molar-refractivity contribution in [3.8, 4) is 0 Å². The van der Waals surface area contributed by atoms with Gasteiger partial charge in [0.1, 0.15) is 5.60 Å². The molecular weight excluding hydrogens is 567 g/mol. The van der Waals surface area contributed by atoms with Gasteiger partial charge in [-0.3, -0.25) is 4.79 Å². The Morgan fingerprint density at radius 3 is 1.70 bits per heavy atom. The van der Waals surface area contributed by atoms with Crippen LogP contribution in [0.4, 0.5) is 0 Å². The lowest BCUT2D eigenvalue weighted by Gasteiger charge is -2.38. The standard InChI is InChI=1S/C29H33IO.C5H6O/c1-2-3-4-5-15-22-28(23-24-30)31-29(25-16-9-6-10-17-25,26-18-11-7-12-19-26)27-20-13-8-14-21-27;6-5-3-1-2-4-5/h6-14,16-21,23-24,28H,2-5,15,22H2,1H3;1,3H,2,4H2/b24-23+;. The first-order chi connectivity index (χ1) is 18.2. The fourth-order valence-electron chi connectivity index (χ4n) is 4.70. The van der Waals surface area contributed by atoms with E-state index in [4.69, 9.17) is 4.74 Å². The molecule has 4 rings (SSSR count). The molecule has 1 aliphatic rings. The van der Waals surface area contributed by atoms with Crippen LogP contribution in [0.2, 0.25) is 0 Å². The molecule has 0 fully saturated rings. The van der Waals surface area contributed by atoms with E-state index >= 15 is 0 Å². The molecule has 0 aliphatic heterocycles. The molecule has 0 radical (unpaired) electrons. The van der Waals surface area contributed by atoms with Crippen LogP contribution >= 0.6 is 22.6 Å². The summed E-state index contributed by atoms with van der Waals surface area (Å²) < 4.78 is 9.25. The highest BCUT2D eigenvalue weighted by Gasteiger charge is 2.39. The molecule has 1 aliphatic carbocycles. The Morgan fingerprint density at radius 2 is 1.32 bits per heavy atom. The second kappa shape index (κ2) is 16.4. The summed E-state index contributed by atoms with van der Waals surface area (Å²) in [6, 6.07) is 32.0. The number of hydrogen-bond acceptors (Lipinski definition) is 2. The van der Waals surface area contributed by atoms with Crippen LogP contribution in [-0.4, -0.2) is 11.9 Å². The third kappa shape index (κ3) is 8.79. The van der Waals surface area contributed by atoms with Gasteiger partial charge >= 0.3 is 0 Å². The van der Waals surface area contributed by atoms with Crippen LogP contribution in [0.5, 0.6) is 0 Å². The number of hydrogen-bond donors (Lipinski definition) is 0. The van der Waals surface area contributed by atoms with Gasteiger partial charge in [0.15, 0.2) is 5.78 Å². The number of benzene rings is 3. The normalized spacial score (nSPS) is 13.9. The number of carbonyl (C=O) groups excluding carboxylic acids is 1. The Hall–Kier alpha value is -2.50. The molecule has 0 saturated carbocycles. The van der Waals surface area contributed by atoms with Crippen molar-refractivity contribution in [2.24, 2.45) is 0 Å². The second-order valence-electron chi connectivity index (χ2n) is 9.36. The number of ketones is 1. The van der Waals surface area contributed by atoms with E-state index in [0.29, 0.717) is 0 Å². The lowest BCUT2D eigenvalue weighted by atomic mass is 9.79. The van der Waals surface area contributed by atoms with Crippen LogP contribution in [0, 0.1) is 0 Å². The highest BCUT2D eigenvalue weighted by molar-refractivity contribution is 14.1. The van der Waals surface area contributed by atoms with E-state index in [1.165, 1.54) is 32.1 Å². The number of rotatable bonds is 12. The summed E-state index contributed by atoms with van der Waals surface area (Å²) in [6.07, 6.45) is 14.8. The molecule has 0 aromatic heterocycles. The molecule has 1 unspecified atom stereocenters. The minimum atomic E-state index is -0.659. The monoisotopic (exact) mass is 606 g/mol. The molecule has 2 nitrogen and oxygen atoms in total. The first-order valence-electron chi connectivity index (χ1n) is 13.5. The number of carbonyl (C=O) groups is 1. The topological polar surface area (TPSA) is 26.3 Å². The van der Waals surface area contributed by atoms with Crippen molar-refractivity contribution in [3.63, 3.8) is 0 Å². The van der Waals surface area contributed by atoms with Crippen molar-refractivity contribution < 1.29 is 9.53 Å². The van der Waals surface area contributed by atoms with Crippen molar-refractivity contribution in [1.82, 2.24) is 0 Å². The molecule has 3 heteroatoms. The Balaban J connectivity index is 0.000000555. The average Bonchev–Trinajstić information content (AvgIpc) is 3.44. The molecule has 194 valence electrons. The Morgan fingerprint density at radius 1 is 0.811 bits per heavy atom. The summed E-state index contributed by atoms with van der Waals surface area (Å²) in [5, 5.41) is 0. The lowest BCUT2D eigenvalue weighted by Crippen LogP contribution is -2.36. The second-order valence-corrected chi connectivity index (χ2v) is 10.1. The quantitative estimate of drug-likeness (QED) is 0.117. The maximum atomic E-state index is 10.2. The molecule has 0 bridgehead atoms. The molecule has 1 atom stereocenters. The number of allylic oxidation sites excluding steroid dienone is 2. The molecule has 3 aromatic rings. The maximum Gasteiger partial charge on any atom is 0.155 e. The minimum Gasteiger partial charge on any atom is -0.354 e. The zero-order chi connectivity index (χ0) is 26.2. The van der Waals surface area contributed by atoms with Crippen molar-refractivity contribution in [1.29, 1.82) is 0 Å². The van der Waals surface area contributed by atoms with Crippen LogP contribution in [0.3, 0.4) is 0 Å². The van der Waals surface area contributed by atoms with Crippen LogP contribution in [0.1, 0.15) is 75.0 Å². The number of ether oxygens (including phenoxy) is 1. The highest BCUT2D eigenvalue weighted by atomic mass is 127. The van der Waals surface area contributed by atoms with Crippen molar-refractivity contribution in [2.45, 2.75) is 70.0 Å². The fourth-order valence-corrected chi connectivity index (χ4v) is 5.16. The largest absolute Gasteiger partial charge is 0.354 e. The Kier molecular flexibility index (Phi) is 12.9. The van der Waals surface area contributed by atoms with Gasteiger partial charge in [0.25, 0.3) is 0 Å². The predicted molar refractivity (Wildman–Crippen MR) is 164 cm³/mol. The van der Waals surface area contributed by atoms with Gasteiger partial charge in [-0.05, 0) is 45.8 Å². The van der Waals surface area contributed by atoms with E-state index in [1.54, 1.807) is 6.08 Å². The van der Waals surface area contributed by atoms with E-state index in [0.717, 1.165) is 36.0 Å². The SMILES string of the molecule is CCCCCCCC(/C=C/I)OC(c1ccccc1)(c1ccccc1)c1ccccc1.O=C1C=CCC1. The van der Waals surface area contributed by atoms with Gasteiger partial charge < -0.3 is 4.74 Å². The van der Waals surface area contributed by atoms with Gasteiger partial charge in [-0.2, -0.15) is 0 Å². The van der Waals surface area contributed by atoms with E-state index in [9.17, 15) is 4.79 Å². The van der Waals surface area contributed by atoms with E-state index in [2.05, 4.69) is 131 Å². The summed E-state index contributed by atoms with van der Waals surface area (Å²) in [5.41, 5.74) is 2.81. The zero-order valence-corrected chi connectivity index (χ0v) is 24.1. The van der Waals surface area contributed by atoms with Gasteiger partial charge in [-0.25, -0.2) is 0 Å². The third-order valence-electron chi connectivity index (χ3n) is 6.61. The summed E-state index contributed by atoms with van der Waals surface area (Å²) in [6.45, 7) is 2.26. The Bertz CT molecular complexity index is 994. The van der Waals surface area contributed by atoms with Crippen LogP contribution in [0.15, 0.2) is 113 Å². The van der Waals surface area contributed by atoms with E-state index in [-0.39, 0.29) is 11.9 Å². The fraction of sp³-hybridized carbons (Fsp3) is 0.324. The van der Waals surface area contributed by atoms with Gasteiger partial charge in [0.2, 0.25) is 0 Å². The van der Waals surface area contributed by atoms with Gasteiger partial charge in [0.05, 0.1) is 6.10 Å². The maximum absolute atomic E-state index is 10.2. The summed E-state index contributed by atoms with van der Waals surface area (Å²) >= 11 is 2.31. The van der Waals surface area contributed by atoms with Gasteiger partial charge in [-0.1, -0.05) is 159 Å². The van der Waals surface area contributed by atoms with Crippen LogP contribution in [0.25, 0.3) is 0 Å². The molecule has 0 heterocycles. The summed E-state index contributed by atoms with van der Waals surface area (Å²) in [4.78, 5) is 10.2. The van der Waals surface area contributed by atoms with Crippen molar-refractivity contribution >= 4 is 28.4 Å². The molecule has 0 saturated heterocycles. The highest BCUT2D eigenvalue weighted by Crippen LogP contribution is 2.42. The summed E-state index contributed by atoms with van der Waals surface area (Å²) in [7, 11) is 0. The minimum absolute atomic E-state index is 0.0409. The first kappa shape index (κ1) is 29.1. The van der Waals surface area contributed by atoms with Gasteiger partial charge in [-0.15, -0.1) is 0 Å². The number of halogens is 1. The number of unbranched alkanes of at least 4 members (excludes halogenated alkanes) is 4. The lowest BCUT2D eigenvalue weighted by molar-refractivity contribution is -0.114. The van der Waals surface area contributed by atoms with Crippen molar-refractivity contribution in [2.75, 3.05) is 0 Å². The van der Waals surface area contributed by atoms with E-state index < -0.39 is 5.60 Å². The van der Waals surface area contributed by atoms with Gasteiger partial charge in [0, 0.05) is 6.42 Å². The zero-order valence-electron chi connectivity index (χ0n) is 21.9. The third-order valence-corrected chi connectivity index (χ3v) is 7.03. The summed E-state index contributed by atoms with van der Waals surface area (Å²) in [5.74, 6) is 0.273. The average molecular weight is 607 g/mol. The molecule has 0 amide bonds. The molecule has 3 aromatic carbocycles. The predicted octanol–water partition coefficient (Wildman–Crippen LogP) is 9.58. The molecule has 0 N–H and O–H groups in total. The first-order valence-corrected chi connectivity index (χ1v) is 14.8. The Labute approximate surface area is 237 Å². The molecule has 37 heavy (non-hydrogen) atoms. The van der Waals surface area contributed by atoms with Crippen molar-refractivity contribution in [3.05, 3.63) is 130 Å². The smallest absolute Gasteiger partial charge is 0.155 e.